The summed E-state index contributed by atoms with van der Waals surface area (Å²) in [5.41, 5.74) is 2.68. The Bertz CT molecular complexity index is 371. The van der Waals surface area contributed by atoms with Crippen molar-refractivity contribution in [1.82, 2.24) is 0 Å². The zero-order chi connectivity index (χ0) is 9.10. The van der Waals surface area contributed by atoms with Gasteiger partial charge in [0.05, 0.1) is 6.07 Å². The first-order valence-corrected chi connectivity index (χ1v) is 4.56. The van der Waals surface area contributed by atoms with Gasteiger partial charge in [-0.05, 0) is 17.5 Å². The molecule has 2 rings (SSSR count). The van der Waals surface area contributed by atoms with Crippen LogP contribution in [0, 0.1) is 11.3 Å². The van der Waals surface area contributed by atoms with Gasteiger partial charge in [-0.1, -0.05) is 36.4 Å². The van der Waals surface area contributed by atoms with E-state index in [9.17, 15) is 0 Å². The van der Waals surface area contributed by atoms with Gasteiger partial charge in [-0.2, -0.15) is 5.26 Å². The molecule has 1 atom stereocenters. The van der Waals surface area contributed by atoms with E-state index in [0.29, 0.717) is 12.3 Å². The van der Waals surface area contributed by atoms with Crippen molar-refractivity contribution in [3.8, 4) is 6.07 Å². The first-order chi connectivity index (χ1) is 6.42. The molecule has 1 aliphatic carbocycles. The summed E-state index contributed by atoms with van der Waals surface area (Å²) in [6.07, 6.45) is 5.94. The molecule has 0 aliphatic heterocycles. The van der Waals surface area contributed by atoms with Crippen LogP contribution in [0.5, 0.6) is 0 Å². The van der Waals surface area contributed by atoms with Crippen molar-refractivity contribution in [3.05, 3.63) is 41.5 Å². The molecule has 0 radical (unpaired) electrons. The number of fused-ring (bicyclic) bond motifs is 1. The summed E-state index contributed by atoms with van der Waals surface area (Å²) in [4.78, 5) is 0. The second-order valence-electron chi connectivity index (χ2n) is 3.29. The Kier molecular flexibility index (Phi) is 2.14. The maximum Gasteiger partial charge on any atom is 0.0622 e. The molecule has 0 saturated carbocycles. The smallest absolute Gasteiger partial charge is 0.0622 e. The summed E-state index contributed by atoms with van der Waals surface area (Å²) in [5.74, 6) is 0.468. The van der Waals surface area contributed by atoms with Gasteiger partial charge in [0.1, 0.15) is 0 Å². The summed E-state index contributed by atoms with van der Waals surface area (Å²) in [7, 11) is 0. The highest BCUT2D eigenvalue weighted by Crippen LogP contribution is 2.32. The molecule has 0 bridgehead atoms. The van der Waals surface area contributed by atoms with E-state index in [1.54, 1.807) is 0 Å². The van der Waals surface area contributed by atoms with Crippen molar-refractivity contribution in [2.24, 2.45) is 0 Å². The van der Waals surface area contributed by atoms with Crippen LogP contribution >= 0.6 is 0 Å². The van der Waals surface area contributed by atoms with Crippen LogP contribution in [-0.4, -0.2) is 0 Å². The van der Waals surface area contributed by atoms with E-state index in [4.69, 9.17) is 5.26 Å². The Balaban J connectivity index is 2.19. The van der Waals surface area contributed by atoms with Gasteiger partial charge in [0.2, 0.25) is 0 Å². The fourth-order valence-corrected chi connectivity index (χ4v) is 1.80. The van der Waals surface area contributed by atoms with Gasteiger partial charge in [-0.25, -0.2) is 0 Å². The molecule has 1 nitrogen and oxygen atoms in total. The number of nitrogens with zero attached hydrogens (tertiary/aromatic N) is 1. The Labute approximate surface area is 78.3 Å². The number of benzene rings is 1. The lowest BCUT2D eigenvalue weighted by Gasteiger charge is -2.07. The second-order valence-corrected chi connectivity index (χ2v) is 3.29. The van der Waals surface area contributed by atoms with E-state index in [-0.39, 0.29) is 0 Å². The zero-order valence-electron chi connectivity index (χ0n) is 7.40. The maximum atomic E-state index is 8.50. The third kappa shape index (κ3) is 1.48. The molecule has 64 valence electrons. The second kappa shape index (κ2) is 3.45. The van der Waals surface area contributed by atoms with Gasteiger partial charge < -0.3 is 0 Å². The lowest BCUT2D eigenvalue weighted by Crippen LogP contribution is -1.91. The molecule has 0 fully saturated rings. The minimum atomic E-state index is 0.468. The van der Waals surface area contributed by atoms with E-state index >= 15 is 0 Å². The van der Waals surface area contributed by atoms with Crippen LogP contribution in [0.2, 0.25) is 0 Å². The lowest BCUT2D eigenvalue weighted by molar-refractivity contribution is 0.766. The van der Waals surface area contributed by atoms with Crippen molar-refractivity contribution in [2.45, 2.75) is 18.8 Å². The minimum absolute atomic E-state index is 0.468. The molecule has 1 aromatic rings. The highest BCUT2D eigenvalue weighted by atomic mass is 14.2. The van der Waals surface area contributed by atoms with Crippen LogP contribution < -0.4 is 0 Å². The van der Waals surface area contributed by atoms with Crippen LogP contribution in [0.25, 0.3) is 6.08 Å². The van der Waals surface area contributed by atoms with Crippen molar-refractivity contribution in [2.75, 3.05) is 0 Å². The van der Waals surface area contributed by atoms with Gasteiger partial charge in [-0.3, -0.25) is 0 Å². The molecular formula is C12H11N. The molecule has 1 heteroatoms. The standard InChI is InChI=1S/C12H11N/c13-9-3-5-11-8-7-10-4-1-2-6-12(10)11/h1-2,4,6-8,11H,3,5H2. The lowest BCUT2D eigenvalue weighted by atomic mass is 9.96. The first-order valence-electron chi connectivity index (χ1n) is 4.56. The molecule has 13 heavy (non-hydrogen) atoms. The Morgan fingerprint density at radius 3 is 3.00 bits per heavy atom. The Hall–Kier alpha value is -1.55. The van der Waals surface area contributed by atoms with Gasteiger partial charge in [0.15, 0.2) is 0 Å². The third-order valence-electron chi connectivity index (χ3n) is 2.47. The van der Waals surface area contributed by atoms with Crippen molar-refractivity contribution in [3.63, 3.8) is 0 Å². The molecule has 0 heterocycles. The number of allylic oxidation sites excluding steroid dienone is 1. The van der Waals surface area contributed by atoms with E-state index in [0.717, 1.165) is 6.42 Å². The quantitative estimate of drug-likeness (QED) is 0.667. The van der Waals surface area contributed by atoms with Crippen molar-refractivity contribution >= 4 is 6.08 Å². The van der Waals surface area contributed by atoms with E-state index in [1.165, 1.54) is 11.1 Å². The number of nitriles is 1. The number of hydrogen-bond acceptors (Lipinski definition) is 1. The average molecular weight is 169 g/mol. The summed E-state index contributed by atoms with van der Waals surface area (Å²) < 4.78 is 0. The van der Waals surface area contributed by atoms with Crippen LogP contribution in [0.4, 0.5) is 0 Å². The van der Waals surface area contributed by atoms with Gasteiger partial charge in [-0.15, -0.1) is 0 Å². The SMILES string of the molecule is N#CCCC1C=Cc2ccccc21. The minimum Gasteiger partial charge on any atom is -0.198 e. The average Bonchev–Trinajstić information content (AvgIpc) is 2.58. The van der Waals surface area contributed by atoms with Crippen LogP contribution in [-0.2, 0) is 0 Å². The van der Waals surface area contributed by atoms with Gasteiger partial charge in [0, 0.05) is 12.3 Å². The predicted molar refractivity (Wildman–Crippen MR) is 53.1 cm³/mol. The highest BCUT2D eigenvalue weighted by molar-refractivity contribution is 5.62. The molecule has 0 spiro atoms. The topological polar surface area (TPSA) is 23.8 Å². The molecule has 0 N–H and O–H groups in total. The number of rotatable bonds is 2. The van der Waals surface area contributed by atoms with Crippen LogP contribution in [0.3, 0.4) is 0 Å². The maximum absolute atomic E-state index is 8.50. The molecule has 1 unspecified atom stereocenters. The Morgan fingerprint density at radius 1 is 1.31 bits per heavy atom. The highest BCUT2D eigenvalue weighted by Gasteiger charge is 2.15. The van der Waals surface area contributed by atoms with Crippen LogP contribution in [0.1, 0.15) is 29.9 Å². The summed E-state index contributed by atoms with van der Waals surface area (Å²) in [6.45, 7) is 0. The molecule has 1 aromatic carbocycles. The summed E-state index contributed by atoms with van der Waals surface area (Å²) >= 11 is 0. The largest absolute Gasteiger partial charge is 0.198 e. The van der Waals surface area contributed by atoms with Crippen LogP contribution in [0.15, 0.2) is 30.3 Å². The molecule has 0 saturated heterocycles. The molecule has 0 amide bonds. The number of hydrogen-bond donors (Lipinski definition) is 0. The molecular weight excluding hydrogens is 158 g/mol. The Morgan fingerprint density at radius 2 is 2.15 bits per heavy atom. The normalized spacial score (nSPS) is 18.2. The first kappa shape index (κ1) is 8.07. The van der Waals surface area contributed by atoms with Crippen molar-refractivity contribution < 1.29 is 0 Å². The summed E-state index contributed by atoms with van der Waals surface area (Å²) in [5, 5.41) is 8.50. The monoisotopic (exact) mass is 169 g/mol. The van der Waals surface area contributed by atoms with E-state index in [1.807, 2.05) is 0 Å². The third-order valence-corrected chi connectivity index (χ3v) is 2.47. The fourth-order valence-electron chi connectivity index (χ4n) is 1.80. The predicted octanol–water partition coefficient (Wildman–Crippen LogP) is 3.10. The summed E-state index contributed by atoms with van der Waals surface area (Å²) in [6, 6.07) is 10.6. The molecule has 1 aliphatic rings. The zero-order valence-corrected chi connectivity index (χ0v) is 7.40. The van der Waals surface area contributed by atoms with E-state index in [2.05, 4.69) is 42.5 Å². The van der Waals surface area contributed by atoms with Gasteiger partial charge in [0.25, 0.3) is 0 Å². The fraction of sp³-hybridized carbons (Fsp3) is 0.250. The van der Waals surface area contributed by atoms with Gasteiger partial charge >= 0.3 is 0 Å². The van der Waals surface area contributed by atoms with Crippen molar-refractivity contribution in [1.29, 1.82) is 5.26 Å². The van der Waals surface area contributed by atoms with E-state index < -0.39 is 0 Å². The molecule has 0 aromatic heterocycles.